The number of hydrogen-bond acceptors (Lipinski definition) is 4. The van der Waals surface area contributed by atoms with E-state index in [9.17, 15) is 18.0 Å². The molecule has 0 spiro atoms. The molecule has 3 aromatic carbocycles. The van der Waals surface area contributed by atoms with Crippen molar-refractivity contribution in [1.29, 1.82) is 0 Å². The first-order chi connectivity index (χ1) is 18.2. The number of carbonyl (C=O) groups excluding carboxylic acids is 2. The molecular weight excluding hydrogens is 557 g/mol. The SMILES string of the molecule is Cc1ccc(N(CC(=O)N(Cc2c(Cl)cccc2Cl)C(C)C(=O)NC(C)(C)C)S(=O)(=O)c2ccccc2)cc1. The van der Waals surface area contributed by atoms with Crippen molar-refractivity contribution in [2.75, 3.05) is 10.8 Å². The normalized spacial score (nSPS) is 12.5. The molecule has 0 bridgehead atoms. The molecule has 3 rings (SSSR count). The summed E-state index contributed by atoms with van der Waals surface area (Å²) < 4.78 is 28.6. The standard InChI is InChI=1S/C29H33Cl2N3O4S/c1-20-14-16-22(17-15-20)34(39(37,38)23-10-7-6-8-11-23)19-27(35)33(21(2)28(36)32-29(3,4)5)18-24-25(30)12-9-13-26(24)31/h6-17,21H,18-19H2,1-5H3,(H,32,36). The number of aryl methyl sites for hydroxylation is 1. The van der Waals surface area contributed by atoms with Crippen LogP contribution in [0.4, 0.5) is 5.69 Å². The highest BCUT2D eigenvalue weighted by molar-refractivity contribution is 7.92. The number of nitrogens with one attached hydrogen (secondary N) is 1. The fraction of sp³-hybridized carbons (Fsp3) is 0.310. The number of anilines is 1. The lowest BCUT2D eigenvalue weighted by molar-refractivity contribution is -0.140. The Morgan fingerprint density at radius 2 is 1.46 bits per heavy atom. The van der Waals surface area contributed by atoms with E-state index in [2.05, 4.69) is 5.32 Å². The van der Waals surface area contributed by atoms with Crippen molar-refractivity contribution in [3.63, 3.8) is 0 Å². The van der Waals surface area contributed by atoms with Gasteiger partial charge >= 0.3 is 0 Å². The number of halogens is 2. The third-order valence-electron chi connectivity index (χ3n) is 5.99. The molecule has 3 aromatic rings. The van der Waals surface area contributed by atoms with Crippen molar-refractivity contribution in [3.8, 4) is 0 Å². The zero-order chi connectivity index (χ0) is 29.0. The highest BCUT2D eigenvalue weighted by Crippen LogP contribution is 2.28. The Kier molecular flexibility index (Phi) is 9.69. The Bertz CT molecular complexity index is 1400. The van der Waals surface area contributed by atoms with Crippen LogP contribution in [0.25, 0.3) is 0 Å². The van der Waals surface area contributed by atoms with Crippen LogP contribution >= 0.6 is 23.2 Å². The van der Waals surface area contributed by atoms with Crippen LogP contribution in [0.15, 0.2) is 77.7 Å². The van der Waals surface area contributed by atoms with Gasteiger partial charge in [0.15, 0.2) is 0 Å². The van der Waals surface area contributed by atoms with E-state index in [1.807, 2.05) is 27.7 Å². The maximum absolute atomic E-state index is 14.0. The van der Waals surface area contributed by atoms with Crippen LogP contribution in [0.3, 0.4) is 0 Å². The summed E-state index contributed by atoms with van der Waals surface area (Å²) >= 11 is 12.8. The molecule has 7 nitrogen and oxygen atoms in total. The molecule has 39 heavy (non-hydrogen) atoms. The molecular formula is C29H33Cl2N3O4S. The van der Waals surface area contributed by atoms with E-state index >= 15 is 0 Å². The summed E-state index contributed by atoms with van der Waals surface area (Å²) in [7, 11) is -4.13. The summed E-state index contributed by atoms with van der Waals surface area (Å²) in [4.78, 5) is 28.5. The van der Waals surface area contributed by atoms with Gasteiger partial charge < -0.3 is 10.2 Å². The van der Waals surface area contributed by atoms with Crippen LogP contribution in [0.1, 0.15) is 38.8 Å². The van der Waals surface area contributed by atoms with Crippen LogP contribution in [0.2, 0.25) is 10.0 Å². The molecule has 0 aliphatic heterocycles. The van der Waals surface area contributed by atoms with Gasteiger partial charge in [-0.15, -0.1) is 0 Å². The molecule has 0 aliphatic rings. The van der Waals surface area contributed by atoms with Gasteiger partial charge in [0.05, 0.1) is 10.6 Å². The fourth-order valence-electron chi connectivity index (χ4n) is 3.87. The van der Waals surface area contributed by atoms with Crippen molar-refractivity contribution in [2.45, 2.75) is 57.6 Å². The Hall–Kier alpha value is -3.07. The molecule has 0 saturated heterocycles. The highest BCUT2D eigenvalue weighted by Gasteiger charge is 2.33. The number of benzene rings is 3. The lowest BCUT2D eigenvalue weighted by atomic mass is 10.1. The van der Waals surface area contributed by atoms with E-state index in [0.717, 1.165) is 9.87 Å². The van der Waals surface area contributed by atoms with Crippen LogP contribution < -0.4 is 9.62 Å². The minimum Gasteiger partial charge on any atom is -0.350 e. The summed E-state index contributed by atoms with van der Waals surface area (Å²) in [6.45, 7) is 8.33. The number of sulfonamides is 1. The second kappa shape index (κ2) is 12.4. The van der Waals surface area contributed by atoms with Crippen LogP contribution in [0, 0.1) is 6.92 Å². The summed E-state index contributed by atoms with van der Waals surface area (Å²) in [5.41, 5.74) is 1.16. The van der Waals surface area contributed by atoms with Crippen molar-refractivity contribution in [1.82, 2.24) is 10.2 Å². The average Bonchev–Trinajstić information content (AvgIpc) is 2.86. The number of carbonyl (C=O) groups is 2. The zero-order valence-corrected chi connectivity index (χ0v) is 24.9. The Morgan fingerprint density at radius 1 is 0.897 bits per heavy atom. The quantitative estimate of drug-likeness (QED) is 0.340. The van der Waals surface area contributed by atoms with Gasteiger partial charge in [0.25, 0.3) is 10.0 Å². The molecule has 10 heteroatoms. The smallest absolute Gasteiger partial charge is 0.264 e. The highest BCUT2D eigenvalue weighted by atomic mass is 35.5. The zero-order valence-electron chi connectivity index (χ0n) is 22.6. The minimum absolute atomic E-state index is 0.0394. The molecule has 208 valence electrons. The van der Waals surface area contributed by atoms with E-state index in [-0.39, 0.29) is 11.4 Å². The third kappa shape index (κ3) is 7.75. The first-order valence-corrected chi connectivity index (χ1v) is 14.6. The molecule has 0 saturated carbocycles. The van der Waals surface area contributed by atoms with Crippen molar-refractivity contribution >= 4 is 50.7 Å². The number of nitrogens with zero attached hydrogens (tertiary/aromatic N) is 2. The Balaban J connectivity index is 2.06. The van der Waals surface area contributed by atoms with Gasteiger partial charge in [-0.1, -0.05) is 65.2 Å². The predicted octanol–water partition coefficient (Wildman–Crippen LogP) is 5.83. The van der Waals surface area contributed by atoms with E-state index < -0.39 is 40.0 Å². The van der Waals surface area contributed by atoms with Crippen molar-refractivity contribution < 1.29 is 18.0 Å². The largest absolute Gasteiger partial charge is 0.350 e. The first kappa shape index (κ1) is 30.5. The summed E-state index contributed by atoms with van der Waals surface area (Å²) in [5, 5.41) is 3.55. The third-order valence-corrected chi connectivity index (χ3v) is 8.48. The number of hydrogen-bond donors (Lipinski definition) is 1. The molecule has 0 fully saturated rings. The van der Waals surface area contributed by atoms with Gasteiger partial charge in [0, 0.05) is 27.7 Å². The van der Waals surface area contributed by atoms with E-state index in [0.29, 0.717) is 21.3 Å². The Morgan fingerprint density at radius 3 is 2.00 bits per heavy atom. The van der Waals surface area contributed by atoms with Gasteiger partial charge in [-0.3, -0.25) is 13.9 Å². The summed E-state index contributed by atoms with van der Waals surface area (Å²) in [6, 6.07) is 18.7. The molecule has 0 aliphatic carbocycles. The van der Waals surface area contributed by atoms with Crippen LogP contribution in [0.5, 0.6) is 0 Å². The molecule has 0 radical (unpaired) electrons. The monoisotopic (exact) mass is 589 g/mol. The second-order valence-electron chi connectivity index (χ2n) is 10.3. The maximum atomic E-state index is 14.0. The van der Waals surface area contributed by atoms with Gasteiger partial charge in [-0.2, -0.15) is 0 Å². The number of rotatable bonds is 9. The maximum Gasteiger partial charge on any atom is 0.264 e. The lowest BCUT2D eigenvalue weighted by Crippen LogP contribution is -2.54. The molecule has 1 unspecified atom stereocenters. The van der Waals surface area contributed by atoms with E-state index in [1.165, 1.54) is 17.0 Å². The first-order valence-electron chi connectivity index (χ1n) is 12.4. The van der Waals surface area contributed by atoms with Gasteiger partial charge in [-0.05, 0) is 71.0 Å². The van der Waals surface area contributed by atoms with Crippen molar-refractivity contribution in [2.24, 2.45) is 0 Å². The topological polar surface area (TPSA) is 86.8 Å². The average molecular weight is 591 g/mol. The van der Waals surface area contributed by atoms with Crippen LogP contribution in [-0.2, 0) is 26.2 Å². The minimum atomic E-state index is -4.13. The second-order valence-corrected chi connectivity index (χ2v) is 13.0. The van der Waals surface area contributed by atoms with E-state index in [4.69, 9.17) is 23.2 Å². The summed E-state index contributed by atoms with van der Waals surface area (Å²) in [5.74, 6) is -0.991. The molecule has 2 amide bonds. The summed E-state index contributed by atoms with van der Waals surface area (Å²) in [6.07, 6.45) is 0. The van der Waals surface area contributed by atoms with Crippen molar-refractivity contribution in [3.05, 3.63) is 94.0 Å². The van der Waals surface area contributed by atoms with Gasteiger partial charge in [-0.25, -0.2) is 8.42 Å². The molecule has 0 aromatic heterocycles. The van der Waals surface area contributed by atoms with Crippen LogP contribution in [-0.4, -0.2) is 43.3 Å². The molecule has 1 atom stereocenters. The lowest BCUT2D eigenvalue weighted by Gasteiger charge is -2.33. The number of amides is 2. The predicted molar refractivity (Wildman–Crippen MR) is 157 cm³/mol. The molecule has 1 N–H and O–H groups in total. The van der Waals surface area contributed by atoms with Gasteiger partial charge in [0.2, 0.25) is 11.8 Å². The molecule has 0 heterocycles. The fourth-order valence-corrected chi connectivity index (χ4v) is 5.82. The van der Waals surface area contributed by atoms with E-state index in [1.54, 1.807) is 67.6 Å². The van der Waals surface area contributed by atoms with Gasteiger partial charge in [0.1, 0.15) is 12.6 Å². The Labute approximate surface area is 240 Å².